The van der Waals surface area contributed by atoms with Gasteiger partial charge in [-0.25, -0.2) is 4.98 Å². The molecule has 3 aromatic carbocycles. The van der Waals surface area contributed by atoms with Crippen molar-refractivity contribution in [1.82, 2.24) is 9.97 Å². The van der Waals surface area contributed by atoms with Gasteiger partial charge in [0.1, 0.15) is 6.33 Å². The molecule has 4 aromatic rings. The van der Waals surface area contributed by atoms with Gasteiger partial charge in [-0.1, -0.05) is 50.2 Å². The molecule has 1 radical (unpaired) electrons. The quantitative estimate of drug-likeness (QED) is 0.161. The summed E-state index contributed by atoms with van der Waals surface area (Å²) < 4.78 is 0. The molecule has 1 aromatic heterocycles. The third-order valence-electron chi connectivity index (χ3n) is 5.66. The summed E-state index contributed by atoms with van der Waals surface area (Å²) in [6.45, 7) is 7.40. The number of aromatic nitrogens is 2. The van der Waals surface area contributed by atoms with Gasteiger partial charge in [0, 0.05) is 37.2 Å². The zero-order valence-corrected chi connectivity index (χ0v) is 21.4. The van der Waals surface area contributed by atoms with E-state index in [1.807, 2.05) is 18.2 Å². The number of hydrogen-bond donors (Lipinski definition) is 1. The average Bonchev–Trinajstić information content (AvgIpc) is 3.01. The first-order valence-electron chi connectivity index (χ1n) is 10.5. The molecule has 0 unspecified atom stereocenters. The van der Waals surface area contributed by atoms with E-state index < -0.39 is 0 Å². The molecule has 0 spiro atoms. The Labute approximate surface area is 207 Å². The molecule has 0 saturated heterocycles. The second kappa shape index (κ2) is 9.78. The van der Waals surface area contributed by atoms with Gasteiger partial charge in [-0.05, 0) is 41.4 Å². The molecule has 0 bridgehead atoms. The summed E-state index contributed by atoms with van der Waals surface area (Å²) in [6, 6.07) is 24.3. The Hall–Kier alpha value is -3.14. The molecule has 0 amide bonds. The Kier molecular flexibility index (Phi) is 7.26. The third-order valence-corrected chi connectivity index (χ3v) is 5.66. The molecule has 33 heavy (non-hydrogen) atoms. The minimum atomic E-state index is -0.161. The average molecular weight is 614 g/mol. The van der Waals surface area contributed by atoms with Crippen LogP contribution in [-0.2, 0) is 30.3 Å². The number of carbonyl (C=O) groups is 1. The van der Waals surface area contributed by atoms with Crippen molar-refractivity contribution in [2.24, 2.45) is 0 Å². The second-order valence-electron chi connectivity index (χ2n) is 8.45. The zero-order valence-electron chi connectivity index (χ0n) is 19.0. The fourth-order valence-corrected chi connectivity index (χ4v) is 4.49. The Morgan fingerprint density at radius 1 is 0.939 bits per heavy atom. The molecular weight excluding hydrogens is 589 g/mol. The van der Waals surface area contributed by atoms with Crippen LogP contribution in [0.15, 0.2) is 78.8 Å². The van der Waals surface area contributed by atoms with Crippen LogP contribution in [0.2, 0.25) is 0 Å². The van der Waals surface area contributed by atoms with Crippen LogP contribution in [0.3, 0.4) is 0 Å². The first-order chi connectivity index (χ1) is 15.3. The van der Waals surface area contributed by atoms with Gasteiger partial charge in [-0.2, -0.15) is 0 Å². The summed E-state index contributed by atoms with van der Waals surface area (Å²) >= 11 is 0. The van der Waals surface area contributed by atoms with E-state index in [2.05, 4.69) is 72.3 Å². The van der Waals surface area contributed by atoms with Crippen LogP contribution in [0.25, 0.3) is 33.3 Å². The van der Waals surface area contributed by atoms with Crippen molar-refractivity contribution in [1.29, 1.82) is 0 Å². The predicted molar refractivity (Wildman–Crippen MR) is 128 cm³/mol. The smallest absolute Gasteiger partial charge is 0.155 e. The molecule has 0 saturated carbocycles. The molecule has 0 atom stereocenters. The van der Waals surface area contributed by atoms with E-state index in [9.17, 15) is 4.79 Å². The van der Waals surface area contributed by atoms with E-state index in [-0.39, 0.29) is 37.1 Å². The molecule has 4 nitrogen and oxygen atoms in total. The van der Waals surface area contributed by atoms with Crippen LogP contribution in [0.5, 0.6) is 0 Å². The number of benzene rings is 3. The molecule has 1 heterocycles. The van der Waals surface area contributed by atoms with Gasteiger partial charge in [0.2, 0.25) is 0 Å². The van der Waals surface area contributed by atoms with Crippen molar-refractivity contribution < 1.29 is 30.0 Å². The van der Waals surface area contributed by atoms with E-state index in [0.29, 0.717) is 0 Å². The Balaban J connectivity index is 0.000000337. The van der Waals surface area contributed by atoms with E-state index in [1.54, 1.807) is 6.33 Å². The van der Waals surface area contributed by atoms with Crippen molar-refractivity contribution in [3.63, 3.8) is 0 Å². The largest absolute Gasteiger partial charge is 0.512 e. The molecule has 1 aliphatic rings. The normalized spacial score (nSPS) is 13.3. The maximum Gasteiger partial charge on any atom is 0.155 e. The Morgan fingerprint density at radius 3 is 2.27 bits per heavy atom. The van der Waals surface area contributed by atoms with Crippen LogP contribution in [0, 0.1) is 6.07 Å². The predicted octanol–water partition coefficient (Wildman–Crippen LogP) is 6.44. The van der Waals surface area contributed by atoms with Gasteiger partial charge in [-0.15, -0.1) is 35.9 Å². The SMILES string of the molecule is CC(=O)/C=C(/C)O.CC1(C)c2c(-c3[c-]cccc3)ncnc2-c2ccc3ccccc3c21.[Ir]. The minimum absolute atomic E-state index is 0. The molecule has 1 N–H and O–H groups in total. The summed E-state index contributed by atoms with van der Waals surface area (Å²) in [5.41, 5.74) is 6.65. The van der Waals surface area contributed by atoms with Crippen molar-refractivity contribution in [2.75, 3.05) is 0 Å². The molecule has 5 heteroatoms. The van der Waals surface area contributed by atoms with E-state index >= 15 is 0 Å². The maximum absolute atomic E-state index is 10.0. The van der Waals surface area contributed by atoms with Crippen molar-refractivity contribution in [3.05, 3.63) is 96.0 Å². The van der Waals surface area contributed by atoms with Crippen LogP contribution >= 0.6 is 0 Å². The molecule has 0 aliphatic heterocycles. The zero-order chi connectivity index (χ0) is 22.9. The first-order valence-corrected chi connectivity index (χ1v) is 10.5. The van der Waals surface area contributed by atoms with Gasteiger partial charge < -0.3 is 5.11 Å². The fraction of sp³-hybridized carbons (Fsp3) is 0.179. The van der Waals surface area contributed by atoms with Crippen LogP contribution in [0.1, 0.15) is 38.8 Å². The van der Waals surface area contributed by atoms with Gasteiger partial charge in [0.25, 0.3) is 0 Å². The van der Waals surface area contributed by atoms with Gasteiger partial charge in [-0.3, -0.25) is 9.78 Å². The van der Waals surface area contributed by atoms with Gasteiger partial charge in [0.15, 0.2) is 5.78 Å². The van der Waals surface area contributed by atoms with Crippen molar-refractivity contribution in [3.8, 4) is 22.5 Å². The van der Waals surface area contributed by atoms with Crippen LogP contribution in [-0.4, -0.2) is 20.9 Å². The fourth-order valence-electron chi connectivity index (χ4n) is 4.49. The summed E-state index contributed by atoms with van der Waals surface area (Å²) in [4.78, 5) is 19.3. The minimum Gasteiger partial charge on any atom is -0.512 e. The van der Waals surface area contributed by atoms with Crippen molar-refractivity contribution >= 4 is 16.6 Å². The number of fused-ring (bicyclic) bond motifs is 5. The van der Waals surface area contributed by atoms with Crippen molar-refractivity contribution in [2.45, 2.75) is 33.1 Å². The Bertz CT molecular complexity index is 1340. The maximum atomic E-state index is 10.0. The number of aliphatic hydroxyl groups is 1. The van der Waals surface area contributed by atoms with E-state index in [4.69, 9.17) is 5.11 Å². The topological polar surface area (TPSA) is 63.1 Å². The van der Waals surface area contributed by atoms with Gasteiger partial charge >= 0.3 is 0 Å². The Morgan fingerprint density at radius 2 is 1.64 bits per heavy atom. The molecule has 0 fully saturated rings. The van der Waals surface area contributed by atoms with E-state index in [1.165, 1.54) is 47.4 Å². The molecule has 1 aliphatic carbocycles. The van der Waals surface area contributed by atoms with Crippen LogP contribution in [0.4, 0.5) is 0 Å². The number of hydrogen-bond acceptors (Lipinski definition) is 4. The van der Waals surface area contributed by atoms with Crippen LogP contribution < -0.4 is 0 Å². The number of carbonyl (C=O) groups excluding carboxylic acids is 1. The summed E-state index contributed by atoms with van der Waals surface area (Å²) in [6.07, 6.45) is 2.84. The molecule has 169 valence electrons. The number of rotatable bonds is 2. The summed E-state index contributed by atoms with van der Waals surface area (Å²) in [5, 5.41) is 10.9. The number of allylic oxidation sites excluding steroid dienone is 2. The first kappa shape index (κ1) is 24.5. The summed E-state index contributed by atoms with van der Waals surface area (Å²) in [5.74, 6) is -0.0625. The number of aliphatic hydroxyl groups excluding tert-OH is 1. The van der Waals surface area contributed by atoms with E-state index in [0.717, 1.165) is 17.0 Å². The standard InChI is InChI=1S/C23H17N2.C5H8O2.Ir/c1-23(2)19-17-11-7-6-8-15(17)12-13-18(19)22-20(23)21(24-14-25-22)16-9-4-3-5-10-16;1-4(6)3-5(2)7;/h3-9,11-14H,1-2H3;3,6H,1-2H3;/q-1;;/b;4-3-;. The number of ketones is 1. The number of nitrogens with zero attached hydrogens (tertiary/aromatic N) is 2. The molecule has 5 rings (SSSR count). The van der Waals surface area contributed by atoms with Gasteiger partial charge in [0.05, 0.1) is 11.5 Å². The third kappa shape index (κ3) is 4.66. The monoisotopic (exact) mass is 614 g/mol. The second-order valence-corrected chi connectivity index (χ2v) is 8.45. The summed E-state index contributed by atoms with van der Waals surface area (Å²) in [7, 11) is 0. The molecular formula is C28H25IrN2O2-.